The summed E-state index contributed by atoms with van der Waals surface area (Å²) in [6.45, 7) is 7.99. The number of hydrogen-bond donors (Lipinski definition) is 1. The van der Waals surface area contributed by atoms with Crippen molar-refractivity contribution >= 4 is 38.9 Å². The second-order valence-corrected chi connectivity index (χ2v) is 8.60. The van der Waals surface area contributed by atoms with E-state index in [0.717, 1.165) is 15.4 Å². The molecule has 1 fully saturated rings. The van der Waals surface area contributed by atoms with Gasteiger partial charge in [0.25, 0.3) is 0 Å². The van der Waals surface area contributed by atoms with Crippen molar-refractivity contribution in [1.29, 1.82) is 0 Å². The fourth-order valence-corrected chi connectivity index (χ4v) is 5.04. The van der Waals surface area contributed by atoms with Gasteiger partial charge in [-0.15, -0.1) is 11.3 Å². The van der Waals surface area contributed by atoms with Crippen LogP contribution in [-0.2, 0) is 0 Å². The Morgan fingerprint density at radius 2 is 2.33 bits per heavy atom. The topological polar surface area (TPSA) is 12.0 Å². The summed E-state index contributed by atoms with van der Waals surface area (Å²) in [6, 6.07) is 2.57. The Labute approximate surface area is 127 Å². The molecular formula is C14H21BrClNS. The molecule has 1 nitrogen and oxygen atoms in total. The van der Waals surface area contributed by atoms with Gasteiger partial charge in [-0.3, -0.25) is 0 Å². The maximum Gasteiger partial charge on any atom is 0.0887 e. The minimum Gasteiger partial charge on any atom is -0.309 e. The van der Waals surface area contributed by atoms with Crippen molar-refractivity contribution in [3.05, 3.63) is 19.8 Å². The molecule has 0 spiro atoms. The highest BCUT2D eigenvalue weighted by molar-refractivity contribution is 9.11. The monoisotopic (exact) mass is 349 g/mol. The molecule has 2 rings (SSSR count). The number of rotatable bonds is 4. The molecule has 0 aliphatic heterocycles. The number of halogens is 2. The Morgan fingerprint density at radius 1 is 1.61 bits per heavy atom. The van der Waals surface area contributed by atoms with Gasteiger partial charge in [-0.2, -0.15) is 0 Å². The summed E-state index contributed by atoms with van der Waals surface area (Å²) in [5.74, 6) is 0.707. The molecule has 2 atom stereocenters. The van der Waals surface area contributed by atoms with Gasteiger partial charge < -0.3 is 5.32 Å². The molecule has 0 bridgehead atoms. The van der Waals surface area contributed by atoms with Crippen LogP contribution < -0.4 is 5.32 Å². The highest BCUT2D eigenvalue weighted by Gasteiger charge is 2.40. The fourth-order valence-electron chi connectivity index (χ4n) is 3.15. The molecule has 0 aromatic carbocycles. The summed E-state index contributed by atoms with van der Waals surface area (Å²) in [5.41, 5.74) is 0.426. The van der Waals surface area contributed by atoms with Gasteiger partial charge in [0.05, 0.1) is 8.81 Å². The molecule has 102 valence electrons. The van der Waals surface area contributed by atoms with Crippen molar-refractivity contribution in [3.63, 3.8) is 0 Å². The van der Waals surface area contributed by atoms with Crippen molar-refractivity contribution in [3.8, 4) is 0 Å². The van der Waals surface area contributed by atoms with E-state index >= 15 is 0 Å². The average molecular weight is 351 g/mol. The zero-order chi connectivity index (χ0) is 13.3. The Morgan fingerprint density at radius 3 is 2.78 bits per heavy atom. The maximum atomic E-state index is 6.19. The van der Waals surface area contributed by atoms with E-state index in [1.165, 1.54) is 24.1 Å². The van der Waals surface area contributed by atoms with Crippen LogP contribution in [0.5, 0.6) is 0 Å². The normalized spacial score (nSPS) is 24.4. The van der Waals surface area contributed by atoms with E-state index in [1.807, 2.05) is 0 Å². The predicted octanol–water partition coefficient (Wildman–Crippen LogP) is 5.64. The molecule has 1 aromatic rings. The van der Waals surface area contributed by atoms with E-state index in [1.54, 1.807) is 11.3 Å². The summed E-state index contributed by atoms with van der Waals surface area (Å²) in [5, 5.41) is 4.51. The predicted molar refractivity (Wildman–Crippen MR) is 84.6 cm³/mol. The first-order chi connectivity index (χ1) is 8.45. The number of hydrogen-bond acceptors (Lipinski definition) is 2. The minimum absolute atomic E-state index is 0.426. The first-order valence-electron chi connectivity index (χ1n) is 6.64. The molecular weight excluding hydrogens is 330 g/mol. The van der Waals surface area contributed by atoms with Crippen molar-refractivity contribution < 1.29 is 0 Å². The Balaban J connectivity index is 2.28. The lowest BCUT2D eigenvalue weighted by molar-refractivity contribution is 0.201. The highest BCUT2D eigenvalue weighted by Crippen LogP contribution is 2.50. The highest BCUT2D eigenvalue weighted by atomic mass is 79.9. The van der Waals surface area contributed by atoms with Crippen LogP contribution >= 0.6 is 38.9 Å². The van der Waals surface area contributed by atoms with E-state index in [4.69, 9.17) is 11.6 Å². The zero-order valence-electron chi connectivity index (χ0n) is 11.2. The molecule has 1 aliphatic carbocycles. The molecule has 0 saturated heterocycles. The van der Waals surface area contributed by atoms with Gasteiger partial charge in [-0.05, 0) is 52.7 Å². The standard InChI is InChI=1S/C14H21BrClNS/c1-4-17-12(9-6-5-7-14(9,2)3)11-8-10(16)13(15)18-11/h8-9,12,17H,4-7H2,1-3H3. The second kappa shape index (κ2) is 5.82. The van der Waals surface area contributed by atoms with Gasteiger partial charge in [0.2, 0.25) is 0 Å². The van der Waals surface area contributed by atoms with Crippen LogP contribution in [0.15, 0.2) is 9.85 Å². The summed E-state index contributed by atoms with van der Waals surface area (Å²) < 4.78 is 1.05. The lowest BCUT2D eigenvalue weighted by atomic mass is 9.77. The lowest BCUT2D eigenvalue weighted by Gasteiger charge is -2.34. The van der Waals surface area contributed by atoms with Crippen LogP contribution in [0.4, 0.5) is 0 Å². The van der Waals surface area contributed by atoms with Gasteiger partial charge in [0, 0.05) is 10.9 Å². The van der Waals surface area contributed by atoms with Gasteiger partial charge in [0.15, 0.2) is 0 Å². The molecule has 18 heavy (non-hydrogen) atoms. The molecule has 1 aliphatic rings. The minimum atomic E-state index is 0.426. The third kappa shape index (κ3) is 2.95. The number of nitrogens with one attached hydrogen (secondary N) is 1. The van der Waals surface area contributed by atoms with Gasteiger partial charge in [-0.25, -0.2) is 0 Å². The SMILES string of the molecule is CCNC(c1cc(Cl)c(Br)s1)C1CCCC1(C)C. The number of thiophene rings is 1. The molecule has 4 heteroatoms. The molecule has 2 unspecified atom stereocenters. The second-order valence-electron chi connectivity index (χ2n) is 5.79. The van der Waals surface area contributed by atoms with Crippen molar-refractivity contribution in [2.24, 2.45) is 11.3 Å². The smallest absolute Gasteiger partial charge is 0.0887 e. The Bertz CT molecular complexity index is 396. The van der Waals surface area contributed by atoms with Gasteiger partial charge in [-0.1, -0.05) is 38.8 Å². The first-order valence-corrected chi connectivity index (χ1v) is 8.62. The van der Waals surface area contributed by atoms with Gasteiger partial charge >= 0.3 is 0 Å². The van der Waals surface area contributed by atoms with Crippen LogP contribution in [0, 0.1) is 11.3 Å². The molecule has 1 heterocycles. The van der Waals surface area contributed by atoms with E-state index in [0.29, 0.717) is 17.4 Å². The Kier molecular flexibility index (Phi) is 4.80. The average Bonchev–Trinajstić information content (AvgIpc) is 2.79. The van der Waals surface area contributed by atoms with Crippen LogP contribution in [0.3, 0.4) is 0 Å². The molecule has 1 N–H and O–H groups in total. The third-order valence-corrected chi connectivity index (χ3v) is 6.69. The quantitative estimate of drug-likeness (QED) is 0.741. The van der Waals surface area contributed by atoms with E-state index in [-0.39, 0.29) is 0 Å². The molecule has 1 aromatic heterocycles. The van der Waals surface area contributed by atoms with Crippen LogP contribution in [0.25, 0.3) is 0 Å². The molecule has 0 amide bonds. The largest absolute Gasteiger partial charge is 0.309 e. The summed E-state index contributed by atoms with van der Waals surface area (Å²) in [6.07, 6.45) is 4.00. The van der Waals surface area contributed by atoms with E-state index < -0.39 is 0 Å². The van der Waals surface area contributed by atoms with Crippen molar-refractivity contribution in [2.75, 3.05) is 6.54 Å². The summed E-state index contributed by atoms with van der Waals surface area (Å²) in [7, 11) is 0. The lowest BCUT2D eigenvalue weighted by Crippen LogP contribution is -2.33. The van der Waals surface area contributed by atoms with Crippen molar-refractivity contribution in [2.45, 2.75) is 46.1 Å². The third-order valence-electron chi connectivity index (χ3n) is 4.14. The first kappa shape index (κ1) is 14.8. The molecule has 1 saturated carbocycles. The van der Waals surface area contributed by atoms with E-state index in [9.17, 15) is 0 Å². The van der Waals surface area contributed by atoms with Gasteiger partial charge in [0.1, 0.15) is 0 Å². The zero-order valence-corrected chi connectivity index (χ0v) is 14.4. The van der Waals surface area contributed by atoms with Crippen LogP contribution in [0.1, 0.15) is 51.0 Å². The van der Waals surface area contributed by atoms with Crippen LogP contribution in [0.2, 0.25) is 5.02 Å². The summed E-state index contributed by atoms with van der Waals surface area (Å²) in [4.78, 5) is 1.37. The van der Waals surface area contributed by atoms with Crippen LogP contribution in [-0.4, -0.2) is 6.54 Å². The fraction of sp³-hybridized carbons (Fsp3) is 0.714. The Hall–Kier alpha value is 0.430. The summed E-state index contributed by atoms with van der Waals surface area (Å²) >= 11 is 11.5. The van der Waals surface area contributed by atoms with Crippen molar-refractivity contribution in [1.82, 2.24) is 5.32 Å². The molecule has 0 radical (unpaired) electrons. The maximum absolute atomic E-state index is 6.19. The van der Waals surface area contributed by atoms with E-state index in [2.05, 4.69) is 48.1 Å².